The van der Waals surface area contributed by atoms with E-state index in [4.69, 9.17) is 4.74 Å². The molecule has 220 valence electrons. The summed E-state index contributed by atoms with van der Waals surface area (Å²) < 4.78 is 34.3. The number of benzene rings is 3. The van der Waals surface area contributed by atoms with Gasteiger partial charge in [0.1, 0.15) is 18.3 Å². The van der Waals surface area contributed by atoms with E-state index in [1.54, 1.807) is 36.4 Å². The first-order valence-corrected chi connectivity index (χ1v) is 15.4. The molecule has 0 heterocycles. The van der Waals surface area contributed by atoms with Gasteiger partial charge < -0.3 is 15.0 Å². The van der Waals surface area contributed by atoms with Gasteiger partial charge in [0.2, 0.25) is 11.8 Å². The minimum absolute atomic E-state index is 0.0707. The first-order chi connectivity index (χ1) is 19.6. The SMILES string of the molecule is CCCCNC(=O)[C@H](CC)N(Cc1cccc(C)c1)C(=O)CN(c1ccc(OC)cc1)S(=O)(=O)c1ccc(C)cc1. The maximum Gasteiger partial charge on any atom is 0.264 e. The quantitative estimate of drug-likeness (QED) is 0.264. The van der Waals surface area contributed by atoms with Crippen LogP contribution in [0.3, 0.4) is 0 Å². The molecule has 3 aromatic rings. The minimum atomic E-state index is -4.12. The maximum atomic E-state index is 14.1. The number of hydrogen-bond donors (Lipinski definition) is 1. The Bertz CT molecular complexity index is 1410. The van der Waals surface area contributed by atoms with Crippen molar-refractivity contribution in [2.24, 2.45) is 0 Å². The molecule has 3 rings (SSSR count). The van der Waals surface area contributed by atoms with E-state index in [1.807, 2.05) is 52.0 Å². The Kier molecular flexibility index (Phi) is 11.3. The summed E-state index contributed by atoms with van der Waals surface area (Å²) in [4.78, 5) is 29.0. The zero-order valence-electron chi connectivity index (χ0n) is 24.6. The number of amides is 2. The Morgan fingerprint density at radius 2 is 1.61 bits per heavy atom. The van der Waals surface area contributed by atoms with Gasteiger partial charge in [-0.1, -0.05) is 67.8 Å². The molecule has 0 radical (unpaired) electrons. The lowest BCUT2D eigenvalue weighted by Crippen LogP contribution is -2.52. The highest BCUT2D eigenvalue weighted by atomic mass is 32.2. The number of rotatable bonds is 14. The monoisotopic (exact) mass is 579 g/mol. The number of sulfonamides is 1. The molecule has 0 aliphatic rings. The van der Waals surface area contributed by atoms with Crippen LogP contribution in [0.1, 0.15) is 49.8 Å². The standard InChI is InChI=1S/C32H41N3O5S/c1-6-8-20-33-32(37)30(7-2)34(22-26-11-9-10-25(4)21-26)31(36)23-35(27-14-16-28(40-5)17-15-27)41(38,39)29-18-12-24(3)13-19-29/h9-19,21,30H,6-8,20,22-23H2,1-5H3,(H,33,37)/t30-/m0/s1. The molecule has 1 atom stereocenters. The van der Waals surface area contributed by atoms with E-state index in [9.17, 15) is 18.0 Å². The van der Waals surface area contributed by atoms with E-state index in [-0.39, 0.29) is 17.3 Å². The largest absolute Gasteiger partial charge is 0.497 e. The van der Waals surface area contributed by atoms with Crippen molar-refractivity contribution in [3.8, 4) is 5.75 Å². The lowest BCUT2D eigenvalue weighted by Gasteiger charge is -2.33. The highest BCUT2D eigenvalue weighted by Gasteiger charge is 2.33. The summed E-state index contributed by atoms with van der Waals surface area (Å²) in [5, 5.41) is 2.95. The van der Waals surface area contributed by atoms with Crippen molar-refractivity contribution in [3.63, 3.8) is 0 Å². The van der Waals surface area contributed by atoms with Crippen LogP contribution in [0.25, 0.3) is 0 Å². The number of carbonyl (C=O) groups is 2. The van der Waals surface area contributed by atoms with E-state index in [0.29, 0.717) is 24.4 Å². The summed E-state index contributed by atoms with van der Waals surface area (Å²) in [5.74, 6) is -0.168. The molecular weight excluding hydrogens is 538 g/mol. The average molecular weight is 580 g/mol. The number of aryl methyl sites for hydroxylation is 2. The smallest absolute Gasteiger partial charge is 0.264 e. The second kappa shape index (κ2) is 14.7. The number of nitrogens with zero attached hydrogens (tertiary/aromatic N) is 2. The fourth-order valence-corrected chi connectivity index (χ4v) is 5.96. The van der Waals surface area contributed by atoms with Crippen molar-refractivity contribution in [3.05, 3.63) is 89.5 Å². The molecule has 0 spiro atoms. The Balaban J connectivity index is 2.04. The summed E-state index contributed by atoms with van der Waals surface area (Å²) in [7, 11) is -2.60. The first-order valence-electron chi connectivity index (χ1n) is 14.0. The van der Waals surface area contributed by atoms with Crippen molar-refractivity contribution in [2.75, 3.05) is 24.5 Å². The fraction of sp³-hybridized carbons (Fsp3) is 0.375. The van der Waals surface area contributed by atoms with Crippen molar-refractivity contribution in [1.82, 2.24) is 10.2 Å². The Morgan fingerprint density at radius 3 is 2.20 bits per heavy atom. The fourth-order valence-electron chi connectivity index (χ4n) is 4.55. The van der Waals surface area contributed by atoms with E-state index >= 15 is 0 Å². The van der Waals surface area contributed by atoms with Crippen LogP contribution in [0.2, 0.25) is 0 Å². The molecular formula is C32H41N3O5S. The van der Waals surface area contributed by atoms with Gasteiger partial charge in [0.25, 0.3) is 10.0 Å². The zero-order valence-corrected chi connectivity index (χ0v) is 25.4. The van der Waals surface area contributed by atoms with Gasteiger partial charge in [-0.15, -0.1) is 0 Å². The molecule has 9 heteroatoms. The van der Waals surface area contributed by atoms with Crippen molar-refractivity contribution in [1.29, 1.82) is 0 Å². The van der Waals surface area contributed by atoms with Crippen LogP contribution in [0.5, 0.6) is 5.75 Å². The number of carbonyl (C=O) groups excluding carboxylic acids is 2. The van der Waals surface area contributed by atoms with Crippen LogP contribution >= 0.6 is 0 Å². The van der Waals surface area contributed by atoms with Crippen LogP contribution in [-0.2, 0) is 26.2 Å². The van der Waals surface area contributed by atoms with E-state index in [0.717, 1.165) is 33.8 Å². The lowest BCUT2D eigenvalue weighted by atomic mass is 10.1. The molecule has 1 N–H and O–H groups in total. The molecule has 0 unspecified atom stereocenters. The van der Waals surface area contributed by atoms with Gasteiger partial charge >= 0.3 is 0 Å². The molecule has 0 aliphatic heterocycles. The van der Waals surface area contributed by atoms with Gasteiger partial charge in [-0.05, 0) is 68.7 Å². The molecule has 8 nitrogen and oxygen atoms in total. The summed E-state index contributed by atoms with van der Waals surface area (Å²) in [6, 6.07) is 20.0. The van der Waals surface area contributed by atoms with Gasteiger partial charge in [-0.3, -0.25) is 13.9 Å². The van der Waals surface area contributed by atoms with Crippen molar-refractivity contribution in [2.45, 2.75) is 64.4 Å². The number of nitrogens with one attached hydrogen (secondary N) is 1. The summed E-state index contributed by atoms with van der Waals surface area (Å²) in [6.07, 6.45) is 2.13. The number of methoxy groups -OCH3 is 1. The molecule has 0 bridgehead atoms. The predicted octanol–water partition coefficient (Wildman–Crippen LogP) is 5.23. The molecule has 41 heavy (non-hydrogen) atoms. The van der Waals surface area contributed by atoms with E-state index in [2.05, 4.69) is 5.32 Å². The van der Waals surface area contributed by atoms with Crippen LogP contribution in [0.4, 0.5) is 5.69 Å². The van der Waals surface area contributed by atoms with Crippen LogP contribution in [0, 0.1) is 13.8 Å². The molecule has 2 amide bonds. The van der Waals surface area contributed by atoms with Gasteiger partial charge in [0.15, 0.2) is 0 Å². The maximum absolute atomic E-state index is 14.1. The van der Waals surface area contributed by atoms with E-state index < -0.39 is 28.5 Å². The van der Waals surface area contributed by atoms with E-state index in [1.165, 1.54) is 24.1 Å². The molecule has 0 aliphatic carbocycles. The third-order valence-electron chi connectivity index (χ3n) is 6.90. The number of anilines is 1. The second-order valence-electron chi connectivity index (χ2n) is 10.1. The topological polar surface area (TPSA) is 96.0 Å². The van der Waals surface area contributed by atoms with Gasteiger partial charge in [-0.25, -0.2) is 8.42 Å². The minimum Gasteiger partial charge on any atom is -0.497 e. The predicted molar refractivity (Wildman–Crippen MR) is 162 cm³/mol. The van der Waals surface area contributed by atoms with Crippen molar-refractivity contribution < 1.29 is 22.7 Å². The summed E-state index contributed by atoms with van der Waals surface area (Å²) in [5.41, 5.74) is 3.11. The molecule has 0 aromatic heterocycles. The van der Waals surface area contributed by atoms with Crippen LogP contribution in [0.15, 0.2) is 77.7 Å². The number of hydrogen-bond acceptors (Lipinski definition) is 5. The summed E-state index contributed by atoms with van der Waals surface area (Å²) >= 11 is 0. The lowest BCUT2D eigenvalue weighted by molar-refractivity contribution is -0.140. The molecule has 0 saturated carbocycles. The third-order valence-corrected chi connectivity index (χ3v) is 8.69. The average Bonchev–Trinajstić information content (AvgIpc) is 2.96. The van der Waals surface area contributed by atoms with Crippen molar-refractivity contribution >= 4 is 27.5 Å². The van der Waals surface area contributed by atoms with Gasteiger partial charge in [0.05, 0.1) is 17.7 Å². The first kappa shape index (κ1) is 31.7. The zero-order chi connectivity index (χ0) is 30.0. The number of ether oxygens (including phenoxy) is 1. The molecule has 0 fully saturated rings. The van der Waals surface area contributed by atoms with Gasteiger partial charge in [-0.2, -0.15) is 0 Å². The molecule has 3 aromatic carbocycles. The highest BCUT2D eigenvalue weighted by molar-refractivity contribution is 7.92. The Labute approximate surface area is 244 Å². The molecule has 0 saturated heterocycles. The summed E-state index contributed by atoms with van der Waals surface area (Å²) in [6.45, 7) is 7.93. The highest BCUT2D eigenvalue weighted by Crippen LogP contribution is 2.27. The Hall–Kier alpha value is -3.85. The normalized spacial score (nSPS) is 11.9. The Morgan fingerprint density at radius 1 is 0.927 bits per heavy atom. The van der Waals surface area contributed by atoms with Crippen LogP contribution in [-0.4, -0.2) is 51.4 Å². The van der Waals surface area contributed by atoms with Gasteiger partial charge in [0, 0.05) is 13.1 Å². The second-order valence-corrected chi connectivity index (χ2v) is 12.0. The number of unbranched alkanes of at least 4 members (excludes halogenated alkanes) is 1. The van der Waals surface area contributed by atoms with Crippen LogP contribution < -0.4 is 14.4 Å². The third kappa shape index (κ3) is 8.33.